The Bertz CT molecular complexity index is 2890. The van der Waals surface area contributed by atoms with Crippen molar-refractivity contribution in [1.29, 1.82) is 0 Å². The SMILES string of the molecule is c1ccc2cc3c(cc2c1)c1cc2ccccc2cc1n3-c1ccc(-c2ccc(-c3ccc4c(c3)-c3cccc5cccc(c35)O4)cc2)cc1. The van der Waals surface area contributed by atoms with Gasteiger partial charge < -0.3 is 9.30 Å². The second-order valence-electron chi connectivity index (χ2n) is 13.4. The molecular weight excluding hydrogens is 607 g/mol. The molecular formula is C48H29NO. The molecule has 10 aromatic rings. The highest BCUT2D eigenvalue weighted by molar-refractivity contribution is 6.16. The van der Waals surface area contributed by atoms with Crippen LogP contribution < -0.4 is 4.74 Å². The summed E-state index contributed by atoms with van der Waals surface area (Å²) < 4.78 is 8.76. The van der Waals surface area contributed by atoms with E-state index in [0.29, 0.717) is 0 Å². The van der Waals surface area contributed by atoms with Crippen LogP contribution in [0.1, 0.15) is 0 Å². The molecule has 0 bridgehead atoms. The van der Waals surface area contributed by atoms with E-state index in [1.807, 2.05) is 0 Å². The van der Waals surface area contributed by atoms with Gasteiger partial charge in [-0.3, -0.25) is 0 Å². The van der Waals surface area contributed by atoms with Gasteiger partial charge in [-0.2, -0.15) is 0 Å². The molecule has 1 aliphatic heterocycles. The monoisotopic (exact) mass is 635 g/mol. The van der Waals surface area contributed by atoms with Crippen LogP contribution in [0.25, 0.3) is 93.2 Å². The minimum absolute atomic E-state index is 0.904. The molecule has 0 saturated carbocycles. The molecule has 9 aromatic carbocycles. The number of aromatic nitrogens is 1. The molecule has 0 amide bonds. The first-order valence-corrected chi connectivity index (χ1v) is 17.2. The van der Waals surface area contributed by atoms with Crippen molar-refractivity contribution in [3.8, 4) is 50.6 Å². The summed E-state index contributed by atoms with van der Waals surface area (Å²) in [5.74, 6) is 1.83. The van der Waals surface area contributed by atoms with E-state index < -0.39 is 0 Å². The second kappa shape index (κ2) is 10.4. The molecule has 0 saturated heterocycles. The van der Waals surface area contributed by atoms with Gasteiger partial charge in [0.2, 0.25) is 0 Å². The fourth-order valence-corrected chi connectivity index (χ4v) is 8.07. The van der Waals surface area contributed by atoms with Crippen molar-refractivity contribution in [2.24, 2.45) is 0 Å². The summed E-state index contributed by atoms with van der Waals surface area (Å²) in [7, 11) is 0. The molecule has 1 aromatic heterocycles. The van der Waals surface area contributed by atoms with Crippen LogP contribution in [0.2, 0.25) is 0 Å². The van der Waals surface area contributed by atoms with Crippen LogP contribution in [-0.2, 0) is 0 Å². The summed E-state index contributed by atoms with van der Waals surface area (Å²) in [6, 6.07) is 63.9. The summed E-state index contributed by atoms with van der Waals surface area (Å²) in [6.45, 7) is 0. The molecule has 2 nitrogen and oxygen atoms in total. The van der Waals surface area contributed by atoms with Crippen molar-refractivity contribution < 1.29 is 4.74 Å². The van der Waals surface area contributed by atoms with Gasteiger partial charge in [-0.25, -0.2) is 0 Å². The predicted molar refractivity (Wildman–Crippen MR) is 210 cm³/mol. The van der Waals surface area contributed by atoms with Crippen LogP contribution in [0.3, 0.4) is 0 Å². The van der Waals surface area contributed by atoms with E-state index in [9.17, 15) is 0 Å². The fourth-order valence-electron chi connectivity index (χ4n) is 8.07. The lowest BCUT2D eigenvalue weighted by atomic mass is 9.92. The summed E-state index contributed by atoms with van der Waals surface area (Å²) >= 11 is 0. The molecule has 11 rings (SSSR count). The Hall–Kier alpha value is -6.64. The molecule has 50 heavy (non-hydrogen) atoms. The largest absolute Gasteiger partial charge is 0.456 e. The quantitative estimate of drug-likeness (QED) is 0.188. The van der Waals surface area contributed by atoms with Crippen LogP contribution in [-0.4, -0.2) is 4.57 Å². The summed E-state index contributed by atoms with van der Waals surface area (Å²) in [4.78, 5) is 0. The van der Waals surface area contributed by atoms with E-state index in [4.69, 9.17) is 4.74 Å². The van der Waals surface area contributed by atoms with Gasteiger partial charge in [-0.05, 0) is 109 Å². The van der Waals surface area contributed by atoms with Crippen molar-refractivity contribution in [3.63, 3.8) is 0 Å². The molecule has 1 aliphatic rings. The number of ether oxygens (including phenoxy) is 1. The second-order valence-corrected chi connectivity index (χ2v) is 13.4. The molecule has 0 unspecified atom stereocenters. The zero-order chi connectivity index (χ0) is 32.8. The Morgan fingerprint density at radius 3 is 1.46 bits per heavy atom. The highest BCUT2D eigenvalue weighted by atomic mass is 16.5. The summed E-state index contributed by atoms with van der Waals surface area (Å²) in [5, 5.41) is 9.96. The molecule has 0 spiro atoms. The number of hydrogen-bond acceptors (Lipinski definition) is 1. The highest BCUT2D eigenvalue weighted by Gasteiger charge is 2.20. The van der Waals surface area contributed by atoms with E-state index >= 15 is 0 Å². The van der Waals surface area contributed by atoms with Gasteiger partial charge in [-0.15, -0.1) is 0 Å². The van der Waals surface area contributed by atoms with Gasteiger partial charge in [0, 0.05) is 27.4 Å². The van der Waals surface area contributed by atoms with E-state index in [-0.39, 0.29) is 0 Å². The van der Waals surface area contributed by atoms with Gasteiger partial charge in [0.05, 0.1) is 11.0 Å². The number of hydrogen-bond donors (Lipinski definition) is 0. The average Bonchev–Trinajstić information content (AvgIpc) is 3.48. The van der Waals surface area contributed by atoms with Crippen LogP contribution >= 0.6 is 0 Å². The Labute approximate surface area is 289 Å². The number of nitrogens with zero attached hydrogens (tertiary/aromatic N) is 1. The molecule has 0 N–H and O–H groups in total. The van der Waals surface area contributed by atoms with Gasteiger partial charge in [0.25, 0.3) is 0 Å². The zero-order valence-corrected chi connectivity index (χ0v) is 27.1. The molecule has 232 valence electrons. The maximum absolute atomic E-state index is 6.34. The third-order valence-electron chi connectivity index (χ3n) is 10.5. The minimum atomic E-state index is 0.904. The Balaban J connectivity index is 0.972. The van der Waals surface area contributed by atoms with Crippen LogP contribution in [0.15, 0.2) is 176 Å². The Morgan fingerprint density at radius 1 is 0.340 bits per heavy atom. The van der Waals surface area contributed by atoms with Crippen LogP contribution in [0, 0.1) is 0 Å². The summed E-state index contributed by atoms with van der Waals surface area (Å²) in [6.07, 6.45) is 0. The molecule has 0 aliphatic carbocycles. The molecule has 2 heterocycles. The minimum Gasteiger partial charge on any atom is -0.456 e. The van der Waals surface area contributed by atoms with Crippen molar-refractivity contribution in [1.82, 2.24) is 4.57 Å². The molecule has 0 radical (unpaired) electrons. The van der Waals surface area contributed by atoms with Crippen molar-refractivity contribution in [3.05, 3.63) is 176 Å². The Kier molecular flexibility index (Phi) is 5.70. The first kappa shape index (κ1) is 27.3. The predicted octanol–water partition coefficient (Wildman–Crippen LogP) is 13.3. The van der Waals surface area contributed by atoms with Gasteiger partial charge >= 0.3 is 0 Å². The number of rotatable bonds is 3. The maximum atomic E-state index is 6.34. The highest BCUT2D eigenvalue weighted by Crippen LogP contribution is 2.47. The van der Waals surface area contributed by atoms with E-state index in [1.165, 1.54) is 81.9 Å². The normalized spacial score (nSPS) is 12.2. The lowest BCUT2D eigenvalue weighted by Gasteiger charge is -2.22. The van der Waals surface area contributed by atoms with Crippen molar-refractivity contribution in [2.75, 3.05) is 0 Å². The molecule has 0 atom stereocenters. The van der Waals surface area contributed by atoms with Gasteiger partial charge in [0.1, 0.15) is 11.5 Å². The fraction of sp³-hybridized carbons (Fsp3) is 0. The third kappa shape index (κ3) is 4.09. The lowest BCUT2D eigenvalue weighted by Crippen LogP contribution is -1.97. The van der Waals surface area contributed by atoms with E-state index in [1.54, 1.807) is 0 Å². The lowest BCUT2D eigenvalue weighted by molar-refractivity contribution is 0.487. The van der Waals surface area contributed by atoms with Crippen molar-refractivity contribution >= 4 is 54.1 Å². The smallest absolute Gasteiger partial charge is 0.135 e. The number of fused-ring (bicyclic) bond motifs is 7. The molecule has 0 fully saturated rings. The van der Waals surface area contributed by atoms with Crippen LogP contribution in [0.4, 0.5) is 0 Å². The zero-order valence-electron chi connectivity index (χ0n) is 27.1. The maximum Gasteiger partial charge on any atom is 0.135 e. The first-order valence-electron chi connectivity index (χ1n) is 17.2. The number of benzene rings is 9. The Morgan fingerprint density at radius 2 is 0.840 bits per heavy atom. The standard InChI is InChI=1S/C48H29NO/c1-3-9-36-28-44-41(25-34(36)7-1)42-26-35-8-2-4-10-37(35)29-45(42)49(44)39-22-19-31(20-23-39)30-15-17-32(18-16-30)38-21-24-46-43(27-38)40-13-5-11-33-12-6-14-47(50-46)48(33)40/h1-29H. The summed E-state index contributed by atoms with van der Waals surface area (Å²) in [5.41, 5.74) is 10.7. The van der Waals surface area contributed by atoms with E-state index in [0.717, 1.165) is 22.7 Å². The van der Waals surface area contributed by atoms with Gasteiger partial charge in [-0.1, -0.05) is 121 Å². The van der Waals surface area contributed by atoms with Gasteiger partial charge in [0.15, 0.2) is 0 Å². The van der Waals surface area contributed by atoms with Crippen LogP contribution in [0.5, 0.6) is 11.5 Å². The third-order valence-corrected chi connectivity index (χ3v) is 10.5. The topological polar surface area (TPSA) is 14.2 Å². The molecule has 2 heteroatoms. The van der Waals surface area contributed by atoms with E-state index in [2.05, 4.69) is 180 Å². The van der Waals surface area contributed by atoms with Crippen molar-refractivity contribution in [2.45, 2.75) is 0 Å². The first-order chi connectivity index (χ1) is 24.7. The average molecular weight is 636 g/mol.